The van der Waals surface area contributed by atoms with Crippen molar-refractivity contribution in [3.8, 4) is 57.0 Å². The summed E-state index contributed by atoms with van der Waals surface area (Å²) in [4.78, 5) is 61.6. The molecule has 8 rings (SSSR count). The zero-order valence-corrected chi connectivity index (χ0v) is 42.9. The van der Waals surface area contributed by atoms with Crippen molar-refractivity contribution in [2.24, 2.45) is 11.8 Å². The highest BCUT2D eigenvalue weighted by atomic mass is 32.1. The standard InChI is InChI=1S/2C28H26FNO6S/c2*1-16(13-22(32)17-7-9-23(36-12-11-31)25(14-17)35-3)27(33)21-8-10-24(34-2)26(30-21)19-15-37-28-18(19)5-4-6-20(28)29/h2*4-10,14-16,31H,11-13H2,1-3H3/t2*16-/m10/s1. The summed E-state index contributed by atoms with van der Waals surface area (Å²) in [6.07, 6.45) is -0.0665. The van der Waals surface area contributed by atoms with Gasteiger partial charge >= 0.3 is 0 Å². The molecular formula is C56H52F2N2O12S2. The Bertz CT molecular complexity index is 3120. The Kier molecular flexibility index (Phi) is 18.2. The molecule has 0 unspecified atom stereocenters. The lowest BCUT2D eigenvalue weighted by Crippen LogP contribution is -2.17. The fourth-order valence-corrected chi connectivity index (χ4v) is 9.93. The van der Waals surface area contributed by atoms with E-state index in [0.717, 1.165) is 0 Å². The zero-order chi connectivity index (χ0) is 53.1. The number of halogens is 2. The Hall–Kier alpha value is -7.64. The second kappa shape index (κ2) is 24.9. The third-order valence-corrected chi connectivity index (χ3v) is 13.8. The van der Waals surface area contributed by atoms with Crippen LogP contribution < -0.4 is 28.4 Å². The summed E-state index contributed by atoms with van der Waals surface area (Å²) in [6, 6.07) is 25.6. The molecule has 0 spiro atoms. The average Bonchev–Trinajstić information content (AvgIpc) is 4.07. The van der Waals surface area contributed by atoms with Gasteiger partial charge in [-0.05, 0) is 72.8 Å². The lowest BCUT2D eigenvalue weighted by Gasteiger charge is -2.14. The molecule has 74 heavy (non-hydrogen) atoms. The van der Waals surface area contributed by atoms with Gasteiger partial charge in [0.15, 0.2) is 46.1 Å². The van der Waals surface area contributed by atoms with Gasteiger partial charge in [0, 0.05) is 68.5 Å². The highest BCUT2D eigenvalue weighted by molar-refractivity contribution is 7.18. The van der Waals surface area contributed by atoms with Crippen molar-refractivity contribution in [1.82, 2.24) is 9.97 Å². The number of thiophene rings is 2. The number of pyridine rings is 2. The number of hydrogen-bond donors (Lipinski definition) is 2. The first kappa shape index (κ1) is 54.1. The van der Waals surface area contributed by atoms with E-state index in [9.17, 15) is 28.0 Å². The summed E-state index contributed by atoms with van der Waals surface area (Å²) < 4.78 is 61.8. The van der Waals surface area contributed by atoms with Crippen LogP contribution in [0.3, 0.4) is 0 Å². The van der Waals surface area contributed by atoms with E-state index in [1.807, 2.05) is 0 Å². The van der Waals surface area contributed by atoms with Crippen LogP contribution in [0.15, 0.2) is 108 Å². The molecule has 2 atom stereocenters. The Morgan fingerprint density at radius 2 is 0.905 bits per heavy atom. The minimum Gasteiger partial charge on any atom is -0.494 e. The number of carbonyl (C=O) groups excluding carboxylic acids is 4. The summed E-state index contributed by atoms with van der Waals surface area (Å²) in [5.74, 6) is -0.534. The molecule has 18 heteroatoms. The maximum absolute atomic E-state index is 14.2. The largest absolute Gasteiger partial charge is 0.494 e. The Labute approximate surface area is 433 Å². The SMILES string of the molecule is COc1cc(C(=O)C[C@@H](C)C(=O)c2ccc(OC)c(-c3csc4c(F)cccc34)n2)ccc1OCCO.COc1cc(C(=O)C[C@H](C)C(=O)c2ccc(OC)c(-c3csc4c(F)cccc34)n2)ccc1OCCO. The zero-order valence-electron chi connectivity index (χ0n) is 41.2. The lowest BCUT2D eigenvalue weighted by atomic mass is 9.94. The monoisotopic (exact) mass is 1050 g/mol. The smallest absolute Gasteiger partial charge is 0.184 e. The molecule has 0 bridgehead atoms. The molecule has 0 aliphatic rings. The van der Waals surface area contributed by atoms with Crippen LogP contribution in [0.25, 0.3) is 42.7 Å². The number of aliphatic hydroxyl groups is 2. The second-order valence-corrected chi connectivity index (χ2v) is 18.4. The van der Waals surface area contributed by atoms with E-state index in [2.05, 4.69) is 9.97 Å². The molecule has 0 radical (unpaired) electrons. The van der Waals surface area contributed by atoms with Crippen LogP contribution >= 0.6 is 22.7 Å². The number of nitrogens with zero attached hydrogens (tertiary/aromatic N) is 2. The molecule has 0 fully saturated rings. The fraction of sp³-hybridized carbons (Fsp3) is 0.250. The number of methoxy groups -OCH3 is 4. The Balaban J connectivity index is 0.000000216. The Morgan fingerprint density at radius 3 is 1.27 bits per heavy atom. The first-order valence-electron chi connectivity index (χ1n) is 23.2. The van der Waals surface area contributed by atoms with E-state index in [0.29, 0.717) is 88.3 Å². The number of benzene rings is 4. The van der Waals surface area contributed by atoms with Crippen molar-refractivity contribution >= 4 is 66.0 Å². The van der Waals surface area contributed by atoms with Gasteiger partial charge in [-0.3, -0.25) is 19.2 Å². The molecule has 4 heterocycles. The maximum Gasteiger partial charge on any atom is 0.184 e. The summed E-state index contributed by atoms with van der Waals surface area (Å²) in [5.41, 5.74) is 3.36. The number of hydrogen-bond acceptors (Lipinski definition) is 16. The van der Waals surface area contributed by atoms with Gasteiger partial charge in [0.25, 0.3) is 0 Å². The molecule has 0 saturated heterocycles. The van der Waals surface area contributed by atoms with Gasteiger partial charge in [-0.1, -0.05) is 38.1 Å². The number of carbonyl (C=O) groups is 4. The summed E-state index contributed by atoms with van der Waals surface area (Å²) in [6.45, 7) is 3.26. The molecule has 14 nitrogen and oxygen atoms in total. The van der Waals surface area contributed by atoms with Gasteiger partial charge in [0.1, 0.15) is 59.1 Å². The third-order valence-electron chi connectivity index (χ3n) is 11.8. The highest BCUT2D eigenvalue weighted by Crippen LogP contribution is 2.41. The summed E-state index contributed by atoms with van der Waals surface area (Å²) >= 11 is 2.52. The number of aromatic nitrogens is 2. The molecule has 4 aromatic heterocycles. The maximum atomic E-state index is 14.2. The average molecular weight is 1050 g/mol. The number of Topliss-reactive ketones (excluding diaryl/α,β-unsaturated/α-hetero) is 4. The molecule has 0 aliphatic heterocycles. The van der Waals surface area contributed by atoms with Crippen LogP contribution in [-0.4, -0.2) is 98.2 Å². The molecule has 8 aromatic rings. The number of rotatable bonds is 22. The Morgan fingerprint density at radius 1 is 0.527 bits per heavy atom. The van der Waals surface area contributed by atoms with Crippen LogP contribution in [-0.2, 0) is 0 Å². The summed E-state index contributed by atoms with van der Waals surface area (Å²) in [7, 11) is 5.93. The van der Waals surface area contributed by atoms with E-state index in [1.54, 1.807) is 110 Å². The van der Waals surface area contributed by atoms with Crippen molar-refractivity contribution in [1.29, 1.82) is 0 Å². The predicted octanol–water partition coefficient (Wildman–Crippen LogP) is 11.2. The van der Waals surface area contributed by atoms with E-state index in [1.165, 1.54) is 63.2 Å². The van der Waals surface area contributed by atoms with Crippen molar-refractivity contribution < 1.29 is 66.6 Å². The molecular weight excluding hydrogens is 995 g/mol. The van der Waals surface area contributed by atoms with Gasteiger partial charge in [-0.25, -0.2) is 18.7 Å². The molecule has 0 aliphatic carbocycles. The van der Waals surface area contributed by atoms with Crippen LogP contribution in [0.2, 0.25) is 0 Å². The predicted molar refractivity (Wildman–Crippen MR) is 279 cm³/mol. The molecule has 384 valence electrons. The van der Waals surface area contributed by atoms with Crippen LogP contribution in [0.5, 0.6) is 34.5 Å². The van der Waals surface area contributed by atoms with Gasteiger partial charge in [0.05, 0.1) is 51.1 Å². The van der Waals surface area contributed by atoms with Gasteiger partial charge < -0.3 is 38.6 Å². The second-order valence-electron chi connectivity index (χ2n) is 16.7. The molecule has 0 amide bonds. The first-order valence-corrected chi connectivity index (χ1v) is 24.9. The minimum atomic E-state index is -0.644. The normalized spacial score (nSPS) is 11.8. The van der Waals surface area contributed by atoms with E-state index in [-0.39, 0.29) is 85.4 Å². The van der Waals surface area contributed by atoms with Crippen molar-refractivity contribution in [2.45, 2.75) is 26.7 Å². The van der Waals surface area contributed by atoms with E-state index in [4.69, 9.17) is 38.6 Å². The number of ether oxygens (including phenoxy) is 6. The van der Waals surface area contributed by atoms with Crippen LogP contribution in [0.1, 0.15) is 68.4 Å². The third kappa shape index (κ3) is 12.1. The van der Waals surface area contributed by atoms with Gasteiger partial charge in [-0.15, -0.1) is 22.7 Å². The molecule has 0 saturated carbocycles. The first-order chi connectivity index (χ1) is 35.7. The quantitative estimate of drug-likeness (QED) is 0.0610. The molecule has 2 N–H and O–H groups in total. The van der Waals surface area contributed by atoms with Gasteiger partial charge in [-0.2, -0.15) is 0 Å². The van der Waals surface area contributed by atoms with Crippen molar-refractivity contribution in [2.75, 3.05) is 54.9 Å². The molecule has 4 aromatic carbocycles. The van der Waals surface area contributed by atoms with Crippen LogP contribution in [0, 0.1) is 23.5 Å². The highest BCUT2D eigenvalue weighted by Gasteiger charge is 2.26. The topological polar surface area (TPSA) is 190 Å². The minimum absolute atomic E-state index is 0.0333. The van der Waals surface area contributed by atoms with Crippen molar-refractivity contribution in [3.63, 3.8) is 0 Å². The summed E-state index contributed by atoms with van der Waals surface area (Å²) in [5, 5.41) is 22.9. The van der Waals surface area contributed by atoms with E-state index < -0.39 is 11.8 Å². The number of aliphatic hydroxyl groups excluding tert-OH is 2. The lowest BCUT2D eigenvalue weighted by molar-refractivity contribution is 0.0859. The number of fused-ring (bicyclic) bond motifs is 2. The number of ketones is 4. The van der Waals surface area contributed by atoms with Crippen LogP contribution in [0.4, 0.5) is 8.78 Å². The fourth-order valence-electron chi connectivity index (χ4n) is 8.01. The van der Waals surface area contributed by atoms with Gasteiger partial charge in [0.2, 0.25) is 0 Å². The van der Waals surface area contributed by atoms with E-state index >= 15 is 0 Å². The van der Waals surface area contributed by atoms with Crippen molar-refractivity contribution in [3.05, 3.63) is 142 Å².